The number of fused-ring (bicyclic) bond motifs is 1. The van der Waals surface area contributed by atoms with Crippen molar-refractivity contribution in [2.75, 3.05) is 31.3 Å². The second-order valence-corrected chi connectivity index (χ2v) is 15.1. The highest BCUT2D eigenvalue weighted by Gasteiger charge is 2.27. The molecule has 2 unspecified atom stereocenters. The Hall–Kier alpha value is -4.49. The van der Waals surface area contributed by atoms with E-state index in [4.69, 9.17) is 18.9 Å². The van der Waals surface area contributed by atoms with Crippen molar-refractivity contribution < 1.29 is 18.9 Å². The molecule has 0 N–H and O–H groups in total. The van der Waals surface area contributed by atoms with E-state index in [9.17, 15) is 0 Å². The molecule has 0 bridgehead atoms. The van der Waals surface area contributed by atoms with E-state index >= 15 is 0 Å². The van der Waals surface area contributed by atoms with Gasteiger partial charge in [0, 0.05) is 34.5 Å². The van der Waals surface area contributed by atoms with E-state index in [0.717, 1.165) is 92.7 Å². The van der Waals surface area contributed by atoms with Gasteiger partial charge in [0.05, 0.1) is 23.0 Å². The molecule has 0 spiro atoms. The zero-order chi connectivity index (χ0) is 37.0. The number of aryl methyl sites for hydroxylation is 1. The van der Waals surface area contributed by atoms with Crippen molar-refractivity contribution in [2.24, 2.45) is 11.8 Å². The van der Waals surface area contributed by atoms with Crippen LogP contribution >= 0.6 is 11.3 Å². The maximum absolute atomic E-state index is 6.29. The summed E-state index contributed by atoms with van der Waals surface area (Å²) >= 11 is 1.69. The molecular weight excluding hydrogens is 677 g/mol. The van der Waals surface area contributed by atoms with Gasteiger partial charge in [-0.05, 0) is 104 Å². The summed E-state index contributed by atoms with van der Waals surface area (Å²) in [6.45, 7) is 13.6. The highest BCUT2D eigenvalue weighted by molar-refractivity contribution is 7.19. The van der Waals surface area contributed by atoms with E-state index in [-0.39, 0.29) is 0 Å². The Labute approximate surface area is 321 Å². The number of ether oxygens (including phenoxy) is 4. The van der Waals surface area contributed by atoms with Crippen molar-refractivity contribution in [3.05, 3.63) is 96.8 Å². The standard InChI is InChI=1S/C46H56N2O4S/c1-6-10-12-34(8-3)31-51-41-24-20-39(21-25-41)48(40-22-26-42(27-23-40)52-32-35(9-4)13-11-7-2)38-18-16-36(17-19-38)45-43-44(50-29-28-49-43)46(53-45)37-15-14-33(5)47-30-37/h14-27,30,34-35H,6-13,28-29,31-32H2,1-5H3. The summed E-state index contributed by atoms with van der Waals surface area (Å²) in [4.78, 5) is 8.93. The lowest BCUT2D eigenvalue weighted by atomic mass is 10.0. The molecule has 1 aliphatic rings. The van der Waals surface area contributed by atoms with Crippen LogP contribution in [-0.2, 0) is 0 Å². The van der Waals surface area contributed by atoms with Gasteiger partial charge in [-0.15, -0.1) is 11.3 Å². The van der Waals surface area contributed by atoms with Gasteiger partial charge in [-0.3, -0.25) is 4.98 Å². The molecule has 0 amide bonds. The molecule has 6 nitrogen and oxygen atoms in total. The predicted molar refractivity (Wildman–Crippen MR) is 221 cm³/mol. The van der Waals surface area contributed by atoms with Crippen LogP contribution in [0.5, 0.6) is 23.0 Å². The number of thiophene rings is 1. The van der Waals surface area contributed by atoms with Crippen LogP contribution in [0.4, 0.5) is 17.1 Å². The summed E-state index contributed by atoms with van der Waals surface area (Å²) in [5.41, 5.74) is 6.28. The Kier molecular flexibility index (Phi) is 13.7. The number of pyridine rings is 1. The fourth-order valence-corrected chi connectivity index (χ4v) is 7.93. The molecule has 2 atom stereocenters. The quantitative estimate of drug-likeness (QED) is 0.0842. The van der Waals surface area contributed by atoms with Crippen molar-refractivity contribution in [1.82, 2.24) is 4.98 Å². The lowest BCUT2D eigenvalue weighted by Gasteiger charge is -2.26. The molecule has 3 aromatic carbocycles. The normalized spacial score (nSPS) is 13.4. The molecule has 0 radical (unpaired) electrons. The summed E-state index contributed by atoms with van der Waals surface area (Å²) in [5.74, 6) is 4.59. The lowest BCUT2D eigenvalue weighted by molar-refractivity contribution is 0.175. The number of hydrogen-bond donors (Lipinski definition) is 0. The average molecular weight is 733 g/mol. The Bertz CT molecular complexity index is 1770. The Balaban J connectivity index is 1.28. The number of benzene rings is 3. The first kappa shape index (κ1) is 38.2. The van der Waals surface area contributed by atoms with Crippen LogP contribution in [-0.4, -0.2) is 31.4 Å². The van der Waals surface area contributed by atoms with Gasteiger partial charge < -0.3 is 23.8 Å². The molecule has 0 aliphatic carbocycles. The van der Waals surface area contributed by atoms with E-state index in [1.807, 2.05) is 19.2 Å². The van der Waals surface area contributed by atoms with Gasteiger partial charge in [0.2, 0.25) is 0 Å². The second kappa shape index (κ2) is 19.0. The molecule has 0 saturated heterocycles. The summed E-state index contributed by atoms with van der Waals surface area (Å²) in [6.07, 6.45) is 11.5. The van der Waals surface area contributed by atoms with Crippen LogP contribution in [0.15, 0.2) is 91.1 Å². The maximum Gasteiger partial charge on any atom is 0.180 e. The van der Waals surface area contributed by atoms with E-state index in [1.165, 1.54) is 38.5 Å². The SMILES string of the molecule is CCCCC(CC)COc1ccc(N(c2ccc(OCC(CC)CCCC)cc2)c2ccc(-c3sc(-c4ccc(C)nc4)c4c3OCCO4)cc2)cc1. The summed E-state index contributed by atoms with van der Waals surface area (Å²) in [7, 11) is 0. The molecule has 5 aromatic rings. The van der Waals surface area contributed by atoms with Gasteiger partial charge in [0.15, 0.2) is 11.5 Å². The minimum absolute atomic E-state index is 0.531. The van der Waals surface area contributed by atoms with Crippen LogP contribution in [0.2, 0.25) is 0 Å². The van der Waals surface area contributed by atoms with Gasteiger partial charge in [0.25, 0.3) is 0 Å². The number of nitrogens with zero attached hydrogens (tertiary/aromatic N) is 2. The zero-order valence-corrected chi connectivity index (χ0v) is 33.1. The molecule has 7 heteroatoms. The van der Waals surface area contributed by atoms with Crippen molar-refractivity contribution in [3.8, 4) is 43.9 Å². The van der Waals surface area contributed by atoms with Crippen LogP contribution in [0, 0.1) is 18.8 Å². The van der Waals surface area contributed by atoms with Crippen molar-refractivity contribution in [2.45, 2.75) is 86.0 Å². The largest absolute Gasteiger partial charge is 0.493 e. The van der Waals surface area contributed by atoms with E-state index in [2.05, 4.69) is 116 Å². The Morgan fingerprint density at radius 3 is 1.51 bits per heavy atom. The minimum Gasteiger partial charge on any atom is -0.493 e. The van der Waals surface area contributed by atoms with E-state index in [0.29, 0.717) is 25.0 Å². The minimum atomic E-state index is 0.531. The van der Waals surface area contributed by atoms with E-state index in [1.54, 1.807) is 11.3 Å². The van der Waals surface area contributed by atoms with Crippen LogP contribution in [0.25, 0.3) is 20.9 Å². The first-order valence-corrected chi connectivity index (χ1v) is 20.5. The van der Waals surface area contributed by atoms with Crippen molar-refractivity contribution in [1.29, 1.82) is 0 Å². The number of unbranched alkanes of at least 4 members (excludes halogenated alkanes) is 2. The number of aromatic nitrogens is 1. The zero-order valence-electron chi connectivity index (χ0n) is 32.2. The van der Waals surface area contributed by atoms with Gasteiger partial charge in [-0.25, -0.2) is 0 Å². The number of rotatable bonds is 19. The number of anilines is 3. The summed E-state index contributed by atoms with van der Waals surface area (Å²) < 4.78 is 25.0. The lowest BCUT2D eigenvalue weighted by Crippen LogP contribution is -2.14. The van der Waals surface area contributed by atoms with Gasteiger partial charge in [-0.1, -0.05) is 84.4 Å². The molecule has 53 heavy (non-hydrogen) atoms. The fourth-order valence-electron chi connectivity index (χ4n) is 6.75. The average Bonchev–Trinajstić information content (AvgIpc) is 3.59. The third kappa shape index (κ3) is 9.74. The van der Waals surface area contributed by atoms with Crippen LogP contribution < -0.4 is 23.8 Å². The van der Waals surface area contributed by atoms with E-state index < -0.39 is 0 Å². The monoisotopic (exact) mass is 732 g/mol. The summed E-state index contributed by atoms with van der Waals surface area (Å²) in [5, 5.41) is 0. The molecule has 280 valence electrons. The van der Waals surface area contributed by atoms with Gasteiger partial charge in [0.1, 0.15) is 24.7 Å². The molecule has 0 saturated carbocycles. The topological polar surface area (TPSA) is 53.1 Å². The first-order valence-electron chi connectivity index (χ1n) is 19.7. The molecule has 6 rings (SSSR count). The van der Waals surface area contributed by atoms with Crippen LogP contribution in [0.1, 0.15) is 84.8 Å². The second-order valence-electron chi connectivity index (χ2n) is 14.1. The molecule has 2 aromatic heterocycles. The van der Waals surface area contributed by atoms with Crippen molar-refractivity contribution >= 4 is 28.4 Å². The highest BCUT2D eigenvalue weighted by Crippen LogP contribution is 2.53. The molecule has 1 aliphatic heterocycles. The third-order valence-corrected chi connectivity index (χ3v) is 11.5. The van der Waals surface area contributed by atoms with Gasteiger partial charge >= 0.3 is 0 Å². The van der Waals surface area contributed by atoms with Gasteiger partial charge in [-0.2, -0.15) is 0 Å². The Morgan fingerprint density at radius 2 is 1.08 bits per heavy atom. The van der Waals surface area contributed by atoms with Crippen molar-refractivity contribution in [3.63, 3.8) is 0 Å². The third-order valence-electron chi connectivity index (χ3n) is 10.2. The summed E-state index contributed by atoms with van der Waals surface area (Å²) in [6, 6.07) is 29.9. The first-order chi connectivity index (χ1) is 26.0. The number of hydrogen-bond acceptors (Lipinski definition) is 7. The molecule has 0 fully saturated rings. The molecule has 3 heterocycles. The van der Waals surface area contributed by atoms with Crippen LogP contribution in [0.3, 0.4) is 0 Å². The smallest absolute Gasteiger partial charge is 0.180 e. The highest BCUT2D eigenvalue weighted by atomic mass is 32.1. The Morgan fingerprint density at radius 1 is 0.623 bits per heavy atom. The molecular formula is C46H56N2O4S. The predicted octanol–water partition coefficient (Wildman–Crippen LogP) is 13.2. The maximum atomic E-state index is 6.29. The fraction of sp³-hybridized carbons (Fsp3) is 0.413.